The van der Waals surface area contributed by atoms with Gasteiger partial charge >= 0.3 is 0 Å². The smallest absolute Gasteiger partial charge is 0.243 e. The van der Waals surface area contributed by atoms with Gasteiger partial charge < -0.3 is 19.2 Å². The number of oxazole rings is 1. The van der Waals surface area contributed by atoms with E-state index in [1.807, 2.05) is 24.3 Å². The van der Waals surface area contributed by atoms with Crippen molar-refractivity contribution in [1.29, 1.82) is 0 Å². The number of carbonyl (C=O) groups is 2. The Labute approximate surface area is 167 Å². The number of amides is 2. The summed E-state index contributed by atoms with van der Waals surface area (Å²) in [6.45, 7) is 2.78. The quantitative estimate of drug-likeness (QED) is 0.689. The summed E-state index contributed by atoms with van der Waals surface area (Å²) in [6.07, 6.45) is 4.72. The molecule has 8 heteroatoms. The first-order chi connectivity index (χ1) is 14.1. The Morgan fingerprint density at radius 2 is 2.10 bits per heavy atom. The lowest BCUT2D eigenvalue weighted by atomic mass is 10.1. The van der Waals surface area contributed by atoms with E-state index < -0.39 is 6.04 Å². The van der Waals surface area contributed by atoms with Gasteiger partial charge in [-0.15, -0.1) is 0 Å². The zero-order chi connectivity index (χ0) is 20.2. The highest BCUT2D eigenvalue weighted by atomic mass is 16.5. The number of nitrogens with zero attached hydrogens (tertiary/aromatic N) is 3. The Kier molecular flexibility index (Phi) is 5.41. The molecule has 1 saturated heterocycles. The topological polar surface area (TPSA) is 101 Å². The van der Waals surface area contributed by atoms with E-state index in [2.05, 4.69) is 15.5 Å². The van der Waals surface area contributed by atoms with Crippen LogP contribution in [0.1, 0.15) is 29.9 Å². The van der Waals surface area contributed by atoms with Crippen molar-refractivity contribution in [3.8, 4) is 11.5 Å². The van der Waals surface area contributed by atoms with Crippen molar-refractivity contribution in [1.82, 2.24) is 20.4 Å². The van der Waals surface area contributed by atoms with E-state index in [0.717, 1.165) is 23.2 Å². The Bertz CT molecular complexity index is 979. The molecule has 4 rings (SSSR count). The minimum atomic E-state index is -0.446. The van der Waals surface area contributed by atoms with Crippen LogP contribution in [-0.2, 0) is 22.6 Å². The Balaban J connectivity index is 1.33. The predicted molar refractivity (Wildman–Crippen MR) is 103 cm³/mol. The molecule has 1 aromatic carbocycles. The van der Waals surface area contributed by atoms with Crippen LogP contribution in [0, 0.1) is 6.92 Å². The molecular weight excluding hydrogens is 372 g/mol. The first-order valence-electron chi connectivity index (χ1n) is 9.58. The summed E-state index contributed by atoms with van der Waals surface area (Å²) in [5.74, 6) is 0.822. The second-order valence-corrected chi connectivity index (χ2v) is 7.11. The molecule has 8 nitrogen and oxygen atoms in total. The van der Waals surface area contributed by atoms with Gasteiger partial charge in [0.05, 0.1) is 18.3 Å². The van der Waals surface area contributed by atoms with E-state index in [9.17, 15) is 9.59 Å². The van der Waals surface area contributed by atoms with Crippen molar-refractivity contribution in [2.24, 2.45) is 0 Å². The molecule has 1 N–H and O–H groups in total. The van der Waals surface area contributed by atoms with Crippen molar-refractivity contribution in [3.05, 3.63) is 59.8 Å². The number of nitrogens with one attached hydrogen (secondary N) is 1. The predicted octanol–water partition coefficient (Wildman–Crippen LogP) is 2.49. The molecule has 0 bridgehead atoms. The summed E-state index contributed by atoms with van der Waals surface area (Å²) < 4.78 is 10.4. The van der Waals surface area contributed by atoms with Crippen LogP contribution in [-0.4, -0.2) is 39.4 Å². The Morgan fingerprint density at radius 3 is 2.79 bits per heavy atom. The van der Waals surface area contributed by atoms with E-state index in [4.69, 9.17) is 8.94 Å². The number of carbonyl (C=O) groups excluding carboxylic acids is 2. The second kappa shape index (κ2) is 8.30. The Morgan fingerprint density at radius 1 is 1.28 bits per heavy atom. The average molecular weight is 394 g/mol. The SMILES string of the molecule is Cc1cc(CC(=O)N2CCC[C@H]2C(=O)NCc2ccc(-c3ncco3)cc2)on1. The number of benzene rings is 1. The number of hydrogen-bond acceptors (Lipinski definition) is 6. The molecule has 3 heterocycles. The van der Waals surface area contributed by atoms with Crippen molar-refractivity contribution in [2.45, 2.75) is 38.8 Å². The molecule has 1 atom stereocenters. The summed E-state index contributed by atoms with van der Waals surface area (Å²) in [4.78, 5) is 31.0. The molecule has 0 spiro atoms. The lowest BCUT2D eigenvalue weighted by Crippen LogP contribution is -2.46. The van der Waals surface area contributed by atoms with Crippen LogP contribution in [0.5, 0.6) is 0 Å². The lowest BCUT2D eigenvalue weighted by molar-refractivity contribution is -0.138. The van der Waals surface area contributed by atoms with Gasteiger partial charge in [0, 0.05) is 24.7 Å². The van der Waals surface area contributed by atoms with Crippen LogP contribution in [0.4, 0.5) is 0 Å². The second-order valence-electron chi connectivity index (χ2n) is 7.11. The van der Waals surface area contributed by atoms with Gasteiger partial charge in [-0.1, -0.05) is 17.3 Å². The molecule has 0 saturated carbocycles. The van der Waals surface area contributed by atoms with Crippen LogP contribution in [0.25, 0.3) is 11.5 Å². The number of rotatable bonds is 6. The lowest BCUT2D eigenvalue weighted by Gasteiger charge is -2.23. The number of hydrogen-bond donors (Lipinski definition) is 1. The summed E-state index contributed by atoms with van der Waals surface area (Å²) in [6, 6.07) is 8.94. The maximum atomic E-state index is 12.7. The third-order valence-corrected chi connectivity index (χ3v) is 4.98. The fourth-order valence-corrected chi connectivity index (χ4v) is 3.53. The van der Waals surface area contributed by atoms with Crippen molar-refractivity contribution >= 4 is 11.8 Å². The van der Waals surface area contributed by atoms with Crippen molar-refractivity contribution in [3.63, 3.8) is 0 Å². The maximum Gasteiger partial charge on any atom is 0.243 e. The van der Waals surface area contributed by atoms with Crippen molar-refractivity contribution < 1.29 is 18.5 Å². The summed E-state index contributed by atoms with van der Waals surface area (Å²) >= 11 is 0. The zero-order valence-electron chi connectivity index (χ0n) is 16.1. The van der Waals surface area contributed by atoms with E-state index in [1.54, 1.807) is 24.1 Å². The minimum Gasteiger partial charge on any atom is -0.445 e. The number of aromatic nitrogens is 2. The molecule has 1 aliphatic rings. The van der Waals surface area contributed by atoms with Crippen molar-refractivity contribution in [2.75, 3.05) is 6.54 Å². The van der Waals surface area contributed by atoms with Crippen LogP contribution >= 0.6 is 0 Å². The molecule has 2 amide bonds. The molecule has 150 valence electrons. The monoisotopic (exact) mass is 394 g/mol. The minimum absolute atomic E-state index is 0.117. The molecule has 0 radical (unpaired) electrons. The van der Waals surface area contributed by atoms with Gasteiger partial charge in [-0.3, -0.25) is 9.59 Å². The van der Waals surface area contributed by atoms with Crippen LogP contribution in [0.15, 0.2) is 51.7 Å². The largest absolute Gasteiger partial charge is 0.445 e. The molecule has 2 aromatic heterocycles. The highest BCUT2D eigenvalue weighted by Crippen LogP contribution is 2.20. The summed E-state index contributed by atoms with van der Waals surface area (Å²) in [5.41, 5.74) is 2.57. The fourth-order valence-electron chi connectivity index (χ4n) is 3.53. The van der Waals surface area contributed by atoms with E-state index >= 15 is 0 Å². The van der Waals surface area contributed by atoms with Gasteiger partial charge in [0.15, 0.2) is 0 Å². The molecular formula is C21H22N4O4. The van der Waals surface area contributed by atoms with Gasteiger partial charge in [-0.2, -0.15) is 0 Å². The molecule has 1 aliphatic heterocycles. The summed E-state index contributed by atoms with van der Waals surface area (Å²) in [7, 11) is 0. The maximum absolute atomic E-state index is 12.7. The third kappa shape index (κ3) is 4.37. The van der Waals surface area contributed by atoms with Gasteiger partial charge in [0.2, 0.25) is 17.7 Å². The van der Waals surface area contributed by atoms with Gasteiger partial charge in [-0.25, -0.2) is 4.98 Å². The molecule has 1 fully saturated rings. The van der Waals surface area contributed by atoms with Gasteiger partial charge in [-0.05, 0) is 37.5 Å². The van der Waals surface area contributed by atoms with E-state index in [-0.39, 0.29) is 18.2 Å². The van der Waals surface area contributed by atoms with E-state index in [0.29, 0.717) is 31.2 Å². The average Bonchev–Trinajstić information content (AvgIpc) is 3.48. The molecule has 29 heavy (non-hydrogen) atoms. The third-order valence-electron chi connectivity index (χ3n) is 4.98. The highest BCUT2D eigenvalue weighted by Gasteiger charge is 2.34. The fraction of sp³-hybridized carbons (Fsp3) is 0.333. The van der Waals surface area contributed by atoms with Gasteiger partial charge in [0.25, 0.3) is 0 Å². The standard InChI is InChI=1S/C21H22N4O4/c1-14-11-17(29-24-14)12-19(26)25-9-2-3-18(25)20(27)23-13-15-4-6-16(7-5-15)21-22-8-10-28-21/h4-8,10-11,18H,2-3,9,12-13H2,1H3,(H,23,27)/t18-/m0/s1. The molecule has 0 aliphatic carbocycles. The number of aryl methyl sites for hydroxylation is 1. The zero-order valence-corrected chi connectivity index (χ0v) is 16.1. The molecule has 0 unspecified atom stereocenters. The highest BCUT2D eigenvalue weighted by molar-refractivity contribution is 5.88. The normalized spacial score (nSPS) is 16.2. The van der Waals surface area contributed by atoms with Crippen LogP contribution < -0.4 is 5.32 Å². The first-order valence-corrected chi connectivity index (χ1v) is 9.58. The van der Waals surface area contributed by atoms with Crippen LogP contribution in [0.2, 0.25) is 0 Å². The first kappa shape index (κ1) is 18.9. The van der Waals surface area contributed by atoms with E-state index in [1.165, 1.54) is 6.26 Å². The van der Waals surface area contributed by atoms with Gasteiger partial charge in [0.1, 0.15) is 18.1 Å². The summed E-state index contributed by atoms with van der Waals surface area (Å²) in [5, 5.41) is 6.74. The number of likely N-dealkylation sites (tertiary alicyclic amines) is 1. The Hall–Kier alpha value is -3.42. The molecule has 3 aromatic rings. The van der Waals surface area contributed by atoms with Crippen LogP contribution in [0.3, 0.4) is 0 Å².